The number of rotatable bonds is 2. The lowest BCUT2D eigenvalue weighted by Gasteiger charge is -2.14. The van der Waals surface area contributed by atoms with Crippen LogP contribution in [0.15, 0.2) is 12.1 Å². The lowest BCUT2D eigenvalue weighted by atomic mass is 9.92. The van der Waals surface area contributed by atoms with Crippen molar-refractivity contribution in [1.29, 1.82) is 0 Å². The standard InChI is InChI=1S/C14H20O/c1-9-4-5-10(2)14-12(6-7-15)8-11(3)13(9)14/h4-5,11-12,15H,6-8H2,1-3H3. The minimum absolute atomic E-state index is 0.310. The van der Waals surface area contributed by atoms with Gasteiger partial charge in [0.15, 0.2) is 0 Å². The minimum Gasteiger partial charge on any atom is -0.396 e. The summed E-state index contributed by atoms with van der Waals surface area (Å²) in [5.74, 6) is 1.25. The largest absolute Gasteiger partial charge is 0.396 e. The average molecular weight is 204 g/mol. The third-order valence-electron chi connectivity index (χ3n) is 3.74. The Bertz CT molecular complexity index is 368. The van der Waals surface area contributed by atoms with Crippen LogP contribution in [0.2, 0.25) is 0 Å². The van der Waals surface area contributed by atoms with Crippen molar-refractivity contribution >= 4 is 0 Å². The number of hydrogen-bond donors (Lipinski definition) is 1. The van der Waals surface area contributed by atoms with Crippen LogP contribution in [0.4, 0.5) is 0 Å². The van der Waals surface area contributed by atoms with Crippen molar-refractivity contribution in [1.82, 2.24) is 0 Å². The quantitative estimate of drug-likeness (QED) is 0.784. The normalized spacial score (nSPS) is 24.3. The SMILES string of the molecule is Cc1ccc(C)c2c1C(C)CC2CCO. The van der Waals surface area contributed by atoms with Gasteiger partial charge in [-0.3, -0.25) is 0 Å². The topological polar surface area (TPSA) is 20.2 Å². The van der Waals surface area contributed by atoms with Crippen LogP contribution in [0.5, 0.6) is 0 Å². The van der Waals surface area contributed by atoms with E-state index < -0.39 is 0 Å². The number of hydrogen-bond acceptors (Lipinski definition) is 1. The molecule has 0 bridgehead atoms. The Balaban J connectivity index is 2.49. The third-order valence-corrected chi connectivity index (χ3v) is 3.74. The van der Waals surface area contributed by atoms with E-state index in [1.807, 2.05) is 0 Å². The van der Waals surface area contributed by atoms with Gasteiger partial charge in [-0.25, -0.2) is 0 Å². The maximum atomic E-state index is 9.10. The molecule has 82 valence electrons. The van der Waals surface area contributed by atoms with Crippen LogP contribution in [0.1, 0.15) is 53.9 Å². The summed E-state index contributed by atoms with van der Waals surface area (Å²) in [6.45, 7) is 7.02. The Morgan fingerprint density at radius 2 is 1.80 bits per heavy atom. The van der Waals surface area contributed by atoms with E-state index in [-0.39, 0.29) is 0 Å². The van der Waals surface area contributed by atoms with E-state index >= 15 is 0 Å². The molecule has 1 aromatic rings. The van der Waals surface area contributed by atoms with Gasteiger partial charge in [-0.15, -0.1) is 0 Å². The highest BCUT2D eigenvalue weighted by Gasteiger charge is 2.30. The molecule has 0 fully saturated rings. The van der Waals surface area contributed by atoms with E-state index in [4.69, 9.17) is 5.11 Å². The van der Waals surface area contributed by atoms with Crippen LogP contribution in [-0.4, -0.2) is 11.7 Å². The highest BCUT2D eigenvalue weighted by atomic mass is 16.3. The van der Waals surface area contributed by atoms with Gasteiger partial charge in [-0.1, -0.05) is 19.1 Å². The summed E-state index contributed by atoms with van der Waals surface area (Å²) < 4.78 is 0. The number of aryl methyl sites for hydroxylation is 2. The van der Waals surface area contributed by atoms with Gasteiger partial charge in [0.25, 0.3) is 0 Å². The van der Waals surface area contributed by atoms with E-state index in [0.29, 0.717) is 18.4 Å². The summed E-state index contributed by atoms with van der Waals surface area (Å²) in [7, 11) is 0. The van der Waals surface area contributed by atoms with Gasteiger partial charge >= 0.3 is 0 Å². The molecule has 1 nitrogen and oxygen atoms in total. The summed E-state index contributed by atoms with van der Waals surface area (Å²) >= 11 is 0. The number of aliphatic hydroxyl groups is 1. The van der Waals surface area contributed by atoms with Gasteiger partial charge in [0.1, 0.15) is 0 Å². The molecular weight excluding hydrogens is 184 g/mol. The third kappa shape index (κ3) is 1.69. The zero-order chi connectivity index (χ0) is 11.0. The Morgan fingerprint density at radius 3 is 2.40 bits per heavy atom. The van der Waals surface area contributed by atoms with E-state index in [1.165, 1.54) is 23.1 Å². The van der Waals surface area contributed by atoms with Crippen LogP contribution in [0.25, 0.3) is 0 Å². The first-order valence-corrected chi connectivity index (χ1v) is 5.86. The second-order valence-electron chi connectivity index (χ2n) is 4.87. The summed E-state index contributed by atoms with van der Waals surface area (Å²) in [6.07, 6.45) is 2.13. The summed E-state index contributed by atoms with van der Waals surface area (Å²) in [6, 6.07) is 4.45. The number of benzene rings is 1. The molecule has 1 N–H and O–H groups in total. The van der Waals surface area contributed by atoms with Crippen LogP contribution in [0, 0.1) is 13.8 Å². The summed E-state index contributed by atoms with van der Waals surface area (Å²) in [4.78, 5) is 0. The first-order chi connectivity index (χ1) is 7.15. The minimum atomic E-state index is 0.310. The highest BCUT2D eigenvalue weighted by Crippen LogP contribution is 2.45. The fraction of sp³-hybridized carbons (Fsp3) is 0.571. The molecule has 15 heavy (non-hydrogen) atoms. The van der Waals surface area contributed by atoms with Crippen LogP contribution >= 0.6 is 0 Å². The monoisotopic (exact) mass is 204 g/mol. The molecular formula is C14H20O. The predicted octanol–water partition coefficient (Wildman–Crippen LogP) is 3.28. The van der Waals surface area contributed by atoms with E-state index in [9.17, 15) is 0 Å². The summed E-state index contributed by atoms with van der Waals surface area (Å²) in [5, 5.41) is 9.10. The van der Waals surface area contributed by atoms with Gasteiger partial charge in [0.05, 0.1) is 0 Å². The predicted molar refractivity (Wildman–Crippen MR) is 63.4 cm³/mol. The molecule has 1 aliphatic carbocycles. The first kappa shape index (κ1) is 10.7. The molecule has 0 aliphatic heterocycles. The average Bonchev–Trinajstić information content (AvgIpc) is 2.51. The fourth-order valence-electron chi connectivity index (χ4n) is 3.13. The second kappa shape index (κ2) is 3.97. The van der Waals surface area contributed by atoms with Crippen molar-refractivity contribution < 1.29 is 5.11 Å². The van der Waals surface area contributed by atoms with Crippen LogP contribution in [0.3, 0.4) is 0 Å². The van der Waals surface area contributed by atoms with E-state index in [0.717, 1.165) is 6.42 Å². The molecule has 2 unspecified atom stereocenters. The maximum absolute atomic E-state index is 9.10. The lowest BCUT2D eigenvalue weighted by Crippen LogP contribution is -1.99. The van der Waals surface area contributed by atoms with Crippen molar-refractivity contribution in [3.05, 3.63) is 34.4 Å². The van der Waals surface area contributed by atoms with Crippen molar-refractivity contribution in [2.75, 3.05) is 6.61 Å². The van der Waals surface area contributed by atoms with Crippen molar-refractivity contribution in [2.45, 2.75) is 45.4 Å². The molecule has 0 heterocycles. The molecule has 0 radical (unpaired) electrons. The Morgan fingerprint density at radius 1 is 1.20 bits per heavy atom. The summed E-state index contributed by atoms with van der Waals surface area (Å²) in [5.41, 5.74) is 5.90. The zero-order valence-corrected chi connectivity index (χ0v) is 9.88. The maximum Gasteiger partial charge on any atom is 0.0436 e. The van der Waals surface area contributed by atoms with Crippen LogP contribution < -0.4 is 0 Å². The number of aliphatic hydroxyl groups excluding tert-OH is 1. The molecule has 1 heteroatoms. The molecule has 0 saturated heterocycles. The molecule has 0 saturated carbocycles. The van der Waals surface area contributed by atoms with Crippen LogP contribution in [-0.2, 0) is 0 Å². The smallest absolute Gasteiger partial charge is 0.0436 e. The second-order valence-corrected chi connectivity index (χ2v) is 4.87. The van der Waals surface area contributed by atoms with Gasteiger partial charge in [-0.05, 0) is 60.8 Å². The van der Waals surface area contributed by atoms with Crippen molar-refractivity contribution in [3.8, 4) is 0 Å². The van der Waals surface area contributed by atoms with E-state index in [1.54, 1.807) is 5.56 Å². The van der Waals surface area contributed by atoms with Crippen molar-refractivity contribution in [2.24, 2.45) is 0 Å². The molecule has 1 aromatic carbocycles. The molecule has 0 amide bonds. The van der Waals surface area contributed by atoms with E-state index in [2.05, 4.69) is 32.9 Å². The van der Waals surface area contributed by atoms with Gasteiger partial charge in [0, 0.05) is 6.61 Å². The lowest BCUT2D eigenvalue weighted by molar-refractivity contribution is 0.274. The molecule has 2 atom stereocenters. The van der Waals surface area contributed by atoms with Gasteiger partial charge < -0.3 is 5.11 Å². The van der Waals surface area contributed by atoms with Crippen molar-refractivity contribution in [3.63, 3.8) is 0 Å². The first-order valence-electron chi connectivity index (χ1n) is 5.86. The zero-order valence-electron chi connectivity index (χ0n) is 9.88. The van der Waals surface area contributed by atoms with Gasteiger partial charge in [0.2, 0.25) is 0 Å². The molecule has 2 rings (SSSR count). The van der Waals surface area contributed by atoms with Gasteiger partial charge in [-0.2, -0.15) is 0 Å². The Hall–Kier alpha value is -0.820. The Kier molecular flexibility index (Phi) is 2.83. The Labute approximate surface area is 92.1 Å². The highest BCUT2D eigenvalue weighted by molar-refractivity contribution is 5.47. The molecule has 0 spiro atoms. The molecule has 0 aromatic heterocycles. The molecule has 1 aliphatic rings. The fourth-order valence-corrected chi connectivity index (χ4v) is 3.13. The number of fused-ring (bicyclic) bond motifs is 1.